The Kier molecular flexibility index (Phi) is 6.00. The van der Waals surface area contributed by atoms with E-state index in [2.05, 4.69) is 25.5 Å². The number of aromatic amines is 1. The maximum absolute atomic E-state index is 12.3. The van der Waals surface area contributed by atoms with Crippen molar-refractivity contribution in [1.29, 1.82) is 5.26 Å². The van der Waals surface area contributed by atoms with E-state index in [9.17, 15) is 14.9 Å². The molecular formula is C24H16N6O3. The zero-order valence-corrected chi connectivity index (χ0v) is 17.1. The van der Waals surface area contributed by atoms with Gasteiger partial charge in [0.25, 0.3) is 5.56 Å². The first-order valence-corrected chi connectivity index (χ1v) is 9.73. The average molecular weight is 436 g/mol. The number of nitriles is 1. The first kappa shape index (κ1) is 21.1. The Hall–Kier alpha value is -5.10. The van der Waals surface area contributed by atoms with Crippen LogP contribution in [0.1, 0.15) is 21.5 Å². The van der Waals surface area contributed by atoms with Gasteiger partial charge in [0.05, 0.1) is 17.5 Å². The number of rotatable bonds is 6. The van der Waals surface area contributed by atoms with Crippen molar-refractivity contribution >= 4 is 18.1 Å². The van der Waals surface area contributed by atoms with Gasteiger partial charge in [0.2, 0.25) is 5.95 Å². The summed E-state index contributed by atoms with van der Waals surface area (Å²) in [6, 6.07) is 19.6. The van der Waals surface area contributed by atoms with Gasteiger partial charge >= 0.3 is 5.97 Å². The summed E-state index contributed by atoms with van der Waals surface area (Å²) in [4.78, 5) is 34.2. The van der Waals surface area contributed by atoms with E-state index in [0.717, 1.165) is 11.1 Å². The second-order valence-corrected chi connectivity index (χ2v) is 6.88. The molecule has 160 valence electrons. The van der Waals surface area contributed by atoms with Crippen LogP contribution in [0, 0.1) is 11.3 Å². The van der Waals surface area contributed by atoms with Crippen molar-refractivity contribution in [1.82, 2.24) is 15.0 Å². The van der Waals surface area contributed by atoms with Crippen LogP contribution in [0.4, 0.5) is 5.95 Å². The molecule has 0 amide bonds. The Morgan fingerprint density at radius 1 is 1.06 bits per heavy atom. The number of carboxylic acid groups (broad SMARTS) is 1. The third kappa shape index (κ3) is 4.81. The van der Waals surface area contributed by atoms with Crippen LogP contribution < -0.4 is 11.0 Å². The van der Waals surface area contributed by atoms with E-state index in [1.165, 1.54) is 12.4 Å². The van der Waals surface area contributed by atoms with Gasteiger partial charge in [0.15, 0.2) is 0 Å². The fraction of sp³-hybridized carbons (Fsp3) is 0. The molecule has 4 rings (SSSR count). The van der Waals surface area contributed by atoms with Crippen LogP contribution in [0.5, 0.6) is 0 Å². The van der Waals surface area contributed by atoms with Crippen LogP contribution in [0.2, 0.25) is 0 Å². The predicted octanol–water partition coefficient (Wildman–Crippen LogP) is 3.51. The molecule has 0 unspecified atom stereocenters. The summed E-state index contributed by atoms with van der Waals surface area (Å²) in [7, 11) is 0. The molecule has 0 bridgehead atoms. The smallest absolute Gasteiger partial charge is 0.337 e. The number of benzene rings is 2. The number of aromatic nitrogens is 3. The summed E-state index contributed by atoms with van der Waals surface area (Å²) in [5.41, 5.74) is 5.31. The van der Waals surface area contributed by atoms with Gasteiger partial charge in [-0.05, 0) is 17.2 Å². The Labute approximate surface area is 187 Å². The molecule has 0 saturated carbocycles. The third-order valence-corrected chi connectivity index (χ3v) is 4.69. The lowest BCUT2D eigenvalue weighted by molar-refractivity contribution is 0.0696. The number of pyridine rings is 1. The number of hydrazone groups is 1. The van der Waals surface area contributed by atoms with Crippen molar-refractivity contribution in [2.75, 3.05) is 5.43 Å². The van der Waals surface area contributed by atoms with Crippen LogP contribution in [0.3, 0.4) is 0 Å². The highest BCUT2D eigenvalue weighted by Crippen LogP contribution is 2.21. The summed E-state index contributed by atoms with van der Waals surface area (Å²) in [6.07, 6.45) is 4.42. The number of hydrogen-bond acceptors (Lipinski definition) is 7. The van der Waals surface area contributed by atoms with Crippen LogP contribution in [-0.4, -0.2) is 32.2 Å². The molecule has 0 atom stereocenters. The maximum Gasteiger partial charge on any atom is 0.337 e. The Balaban J connectivity index is 1.52. The van der Waals surface area contributed by atoms with Crippen molar-refractivity contribution in [3.63, 3.8) is 0 Å². The van der Waals surface area contributed by atoms with Crippen LogP contribution in [-0.2, 0) is 0 Å². The zero-order valence-electron chi connectivity index (χ0n) is 17.1. The molecule has 0 radical (unpaired) electrons. The monoisotopic (exact) mass is 436 g/mol. The number of anilines is 1. The summed E-state index contributed by atoms with van der Waals surface area (Å²) in [5, 5.41) is 22.5. The molecule has 0 aliphatic heterocycles. The minimum absolute atomic E-state index is 0.0761. The molecule has 0 saturated heterocycles. The van der Waals surface area contributed by atoms with Gasteiger partial charge in [0.1, 0.15) is 11.6 Å². The van der Waals surface area contributed by atoms with Gasteiger partial charge in [-0.25, -0.2) is 15.2 Å². The fourth-order valence-corrected chi connectivity index (χ4v) is 3.08. The average Bonchev–Trinajstić information content (AvgIpc) is 2.85. The second-order valence-electron chi connectivity index (χ2n) is 6.88. The first-order chi connectivity index (χ1) is 16.0. The standard InChI is InChI=1S/C24H16N6O3/c25-11-20-21(17-4-2-1-3-5-17)28-24(29-22(20)31)30-27-12-15-6-8-16(9-7-15)18-10-19(23(32)33)14-26-13-18/h1-10,12-14H,(H,32,33)(H2,28,29,30,31). The highest BCUT2D eigenvalue weighted by Gasteiger charge is 2.12. The summed E-state index contributed by atoms with van der Waals surface area (Å²) in [5.74, 6) is -0.939. The lowest BCUT2D eigenvalue weighted by Gasteiger charge is -2.06. The number of carboxylic acids is 1. The highest BCUT2D eigenvalue weighted by molar-refractivity contribution is 5.89. The van der Waals surface area contributed by atoms with E-state index < -0.39 is 11.5 Å². The van der Waals surface area contributed by atoms with Crippen molar-refractivity contribution in [3.05, 3.63) is 100 Å². The number of aromatic carboxylic acids is 1. The lowest BCUT2D eigenvalue weighted by Crippen LogP contribution is -2.16. The number of nitrogens with one attached hydrogen (secondary N) is 2. The molecule has 0 aliphatic rings. The Bertz CT molecular complexity index is 1440. The normalized spacial score (nSPS) is 10.6. The van der Waals surface area contributed by atoms with Crippen LogP contribution in [0.25, 0.3) is 22.4 Å². The molecule has 9 nitrogen and oxygen atoms in total. The summed E-state index contributed by atoms with van der Waals surface area (Å²) >= 11 is 0. The number of carbonyl (C=O) groups is 1. The topological polar surface area (TPSA) is 144 Å². The molecule has 2 aromatic heterocycles. The zero-order chi connectivity index (χ0) is 23.2. The van der Waals surface area contributed by atoms with E-state index in [-0.39, 0.29) is 22.8 Å². The molecule has 0 fully saturated rings. The van der Waals surface area contributed by atoms with E-state index >= 15 is 0 Å². The van der Waals surface area contributed by atoms with Crippen molar-refractivity contribution in [2.24, 2.45) is 5.10 Å². The largest absolute Gasteiger partial charge is 0.478 e. The van der Waals surface area contributed by atoms with Crippen molar-refractivity contribution in [3.8, 4) is 28.5 Å². The van der Waals surface area contributed by atoms with Gasteiger partial charge in [-0.3, -0.25) is 14.8 Å². The minimum Gasteiger partial charge on any atom is -0.478 e. The maximum atomic E-state index is 12.3. The highest BCUT2D eigenvalue weighted by atomic mass is 16.4. The number of nitrogens with zero attached hydrogens (tertiary/aromatic N) is 4. The number of H-pyrrole nitrogens is 1. The SMILES string of the molecule is N#Cc1c(-c2ccccc2)nc(NN=Cc2ccc(-c3cncc(C(=O)O)c3)cc2)[nH]c1=O. The molecule has 3 N–H and O–H groups in total. The van der Waals surface area contributed by atoms with Gasteiger partial charge in [-0.1, -0.05) is 54.6 Å². The van der Waals surface area contributed by atoms with Crippen LogP contribution >= 0.6 is 0 Å². The van der Waals surface area contributed by atoms with Crippen molar-refractivity contribution < 1.29 is 9.90 Å². The summed E-state index contributed by atoms with van der Waals surface area (Å²) < 4.78 is 0. The molecule has 2 aromatic carbocycles. The molecule has 4 aromatic rings. The second kappa shape index (κ2) is 9.36. The van der Waals surface area contributed by atoms with Crippen LogP contribution in [0.15, 0.2) is 83.0 Å². The quantitative estimate of drug-likeness (QED) is 0.310. The fourth-order valence-electron chi connectivity index (χ4n) is 3.08. The minimum atomic E-state index is -1.04. The molecule has 33 heavy (non-hydrogen) atoms. The third-order valence-electron chi connectivity index (χ3n) is 4.69. The van der Waals surface area contributed by atoms with Gasteiger partial charge < -0.3 is 5.11 Å². The predicted molar refractivity (Wildman–Crippen MR) is 123 cm³/mol. The summed E-state index contributed by atoms with van der Waals surface area (Å²) in [6.45, 7) is 0. The van der Waals surface area contributed by atoms with E-state index in [0.29, 0.717) is 11.1 Å². The molecule has 9 heteroatoms. The van der Waals surface area contributed by atoms with E-state index in [1.807, 2.05) is 24.3 Å². The van der Waals surface area contributed by atoms with Gasteiger partial charge in [-0.15, -0.1) is 0 Å². The Morgan fingerprint density at radius 3 is 2.52 bits per heavy atom. The number of hydrogen-bond donors (Lipinski definition) is 3. The Morgan fingerprint density at radius 2 is 1.82 bits per heavy atom. The molecule has 0 aliphatic carbocycles. The van der Waals surface area contributed by atoms with E-state index in [4.69, 9.17) is 5.11 Å². The lowest BCUT2D eigenvalue weighted by atomic mass is 10.0. The van der Waals surface area contributed by atoms with Gasteiger partial charge in [-0.2, -0.15) is 10.4 Å². The van der Waals surface area contributed by atoms with Gasteiger partial charge in [0, 0.05) is 23.5 Å². The van der Waals surface area contributed by atoms with Crippen molar-refractivity contribution in [2.45, 2.75) is 0 Å². The molecular weight excluding hydrogens is 420 g/mol. The van der Waals surface area contributed by atoms with E-state index in [1.54, 1.807) is 48.7 Å². The molecule has 2 heterocycles. The first-order valence-electron chi connectivity index (χ1n) is 9.73. The molecule has 0 spiro atoms.